The Labute approximate surface area is 105 Å². The van der Waals surface area contributed by atoms with Crippen molar-refractivity contribution in [1.82, 2.24) is 0 Å². The first-order chi connectivity index (χ1) is 8.27. The van der Waals surface area contributed by atoms with E-state index in [0.29, 0.717) is 12.3 Å². The van der Waals surface area contributed by atoms with Crippen molar-refractivity contribution < 1.29 is 14.2 Å². The van der Waals surface area contributed by atoms with E-state index in [0.717, 1.165) is 18.2 Å². The molecule has 0 aliphatic rings. The second-order valence-corrected chi connectivity index (χ2v) is 5.73. The number of anilines is 1. The Morgan fingerprint density at radius 2 is 1.94 bits per heavy atom. The molecule has 1 rings (SSSR count). The SMILES string of the molecule is COC(OC)[SiH2]CCCOc1ccccc1N. The third-order valence-corrected chi connectivity index (χ3v) is 4.58. The van der Waals surface area contributed by atoms with Crippen LogP contribution in [0.1, 0.15) is 6.42 Å². The topological polar surface area (TPSA) is 53.7 Å². The van der Waals surface area contributed by atoms with Crippen LogP contribution < -0.4 is 10.5 Å². The van der Waals surface area contributed by atoms with Gasteiger partial charge in [0.15, 0.2) is 0 Å². The Hall–Kier alpha value is -1.04. The van der Waals surface area contributed by atoms with E-state index in [2.05, 4.69) is 0 Å². The lowest BCUT2D eigenvalue weighted by Crippen LogP contribution is -2.21. The number of ether oxygens (including phenoxy) is 3. The molecule has 0 aromatic heterocycles. The first-order valence-electron chi connectivity index (χ1n) is 5.80. The van der Waals surface area contributed by atoms with E-state index in [1.807, 2.05) is 24.3 Å². The molecule has 0 saturated heterocycles. The zero-order valence-corrected chi connectivity index (χ0v) is 11.9. The number of nitrogens with two attached hydrogens (primary N) is 1. The third kappa shape index (κ3) is 5.21. The lowest BCUT2D eigenvalue weighted by Gasteiger charge is -2.12. The van der Waals surface area contributed by atoms with Gasteiger partial charge < -0.3 is 19.9 Å². The summed E-state index contributed by atoms with van der Waals surface area (Å²) < 4.78 is 15.9. The Kier molecular flexibility index (Phi) is 6.69. The van der Waals surface area contributed by atoms with Gasteiger partial charge in [0.25, 0.3) is 0 Å². The molecule has 1 aromatic carbocycles. The highest BCUT2D eigenvalue weighted by atomic mass is 28.2. The second kappa shape index (κ2) is 8.11. The second-order valence-electron chi connectivity index (χ2n) is 3.78. The highest BCUT2D eigenvalue weighted by molar-refractivity contribution is 6.36. The predicted octanol–water partition coefficient (Wildman–Crippen LogP) is 1.20. The van der Waals surface area contributed by atoms with Gasteiger partial charge >= 0.3 is 0 Å². The summed E-state index contributed by atoms with van der Waals surface area (Å²) in [5.74, 6) is 0.793. The van der Waals surface area contributed by atoms with Crippen molar-refractivity contribution in [3.05, 3.63) is 24.3 Å². The van der Waals surface area contributed by atoms with Crippen LogP contribution in [-0.4, -0.2) is 36.3 Å². The van der Waals surface area contributed by atoms with Gasteiger partial charge in [0.1, 0.15) is 11.7 Å². The standard InChI is InChI=1S/C12H21NO3Si/c1-14-12(15-2)17-9-5-8-16-11-7-4-3-6-10(11)13/h3-4,6-7,12H,5,8-9,13,17H2,1-2H3. The molecule has 0 spiro atoms. The van der Waals surface area contributed by atoms with Crippen LogP contribution >= 0.6 is 0 Å². The Morgan fingerprint density at radius 1 is 1.24 bits per heavy atom. The molecule has 0 radical (unpaired) electrons. The number of para-hydroxylation sites is 2. The van der Waals surface area contributed by atoms with E-state index in [9.17, 15) is 0 Å². The van der Waals surface area contributed by atoms with Crippen LogP contribution in [0, 0.1) is 0 Å². The molecule has 0 heterocycles. The average molecular weight is 255 g/mol. The fourth-order valence-electron chi connectivity index (χ4n) is 1.54. The summed E-state index contributed by atoms with van der Waals surface area (Å²) in [5, 5.41) is 0. The molecular weight excluding hydrogens is 234 g/mol. The molecule has 0 unspecified atom stereocenters. The zero-order chi connectivity index (χ0) is 12.5. The van der Waals surface area contributed by atoms with Crippen molar-refractivity contribution in [3.8, 4) is 5.75 Å². The van der Waals surface area contributed by atoms with Gasteiger partial charge in [-0.2, -0.15) is 0 Å². The Bertz CT molecular complexity index is 318. The van der Waals surface area contributed by atoms with Crippen LogP contribution in [0.15, 0.2) is 24.3 Å². The molecule has 0 atom stereocenters. The van der Waals surface area contributed by atoms with Gasteiger partial charge in [-0.1, -0.05) is 18.2 Å². The molecular formula is C12H21NO3Si. The number of nitrogen functional groups attached to an aromatic ring is 1. The van der Waals surface area contributed by atoms with Crippen LogP contribution in [0.2, 0.25) is 6.04 Å². The molecule has 0 saturated carbocycles. The zero-order valence-electron chi connectivity index (χ0n) is 10.5. The van der Waals surface area contributed by atoms with Crippen LogP contribution in [-0.2, 0) is 9.47 Å². The summed E-state index contributed by atoms with van der Waals surface area (Å²) in [6.07, 6.45) is 1.02. The third-order valence-electron chi connectivity index (χ3n) is 2.54. The Balaban J connectivity index is 2.14. The van der Waals surface area contributed by atoms with Crippen molar-refractivity contribution in [2.24, 2.45) is 0 Å². The van der Waals surface area contributed by atoms with Gasteiger partial charge in [-0.25, -0.2) is 0 Å². The normalized spacial score (nSPS) is 11.5. The fourth-order valence-corrected chi connectivity index (χ4v) is 2.84. The first kappa shape index (κ1) is 14.0. The molecule has 17 heavy (non-hydrogen) atoms. The minimum atomic E-state index is -0.340. The largest absolute Gasteiger partial charge is 0.491 e. The van der Waals surface area contributed by atoms with Crippen molar-refractivity contribution in [2.75, 3.05) is 26.6 Å². The molecule has 1 aromatic rings. The molecule has 2 N–H and O–H groups in total. The van der Waals surface area contributed by atoms with Crippen molar-refractivity contribution in [1.29, 1.82) is 0 Å². The van der Waals surface area contributed by atoms with Crippen LogP contribution in [0.3, 0.4) is 0 Å². The van der Waals surface area contributed by atoms with Crippen LogP contribution in [0.4, 0.5) is 5.69 Å². The van der Waals surface area contributed by atoms with Crippen molar-refractivity contribution in [2.45, 2.75) is 18.4 Å². The van der Waals surface area contributed by atoms with E-state index in [1.165, 1.54) is 0 Å². The molecule has 0 fully saturated rings. The van der Waals surface area contributed by atoms with Gasteiger partial charge in [-0.3, -0.25) is 0 Å². The summed E-state index contributed by atoms with van der Waals surface area (Å²) in [5.41, 5.74) is 6.46. The highest BCUT2D eigenvalue weighted by Crippen LogP contribution is 2.19. The van der Waals surface area contributed by atoms with E-state index >= 15 is 0 Å². The number of methoxy groups -OCH3 is 2. The summed E-state index contributed by atoms with van der Waals surface area (Å²) in [6, 6.07) is 8.69. The lowest BCUT2D eigenvalue weighted by atomic mass is 10.3. The van der Waals surface area contributed by atoms with Crippen LogP contribution in [0.5, 0.6) is 5.75 Å². The van der Waals surface area contributed by atoms with E-state index in [1.54, 1.807) is 14.2 Å². The van der Waals surface area contributed by atoms with E-state index in [4.69, 9.17) is 19.9 Å². The van der Waals surface area contributed by atoms with Gasteiger partial charge in [0, 0.05) is 14.2 Å². The summed E-state index contributed by atoms with van der Waals surface area (Å²) >= 11 is 0. The number of rotatable bonds is 8. The molecule has 5 heteroatoms. The maximum absolute atomic E-state index is 5.77. The first-order valence-corrected chi connectivity index (χ1v) is 7.62. The predicted molar refractivity (Wildman–Crippen MR) is 72.1 cm³/mol. The maximum Gasteiger partial charge on any atom is 0.142 e. The summed E-state index contributed by atoms with van der Waals surface area (Å²) in [4.78, 5) is 0. The highest BCUT2D eigenvalue weighted by Gasteiger charge is 2.05. The fraction of sp³-hybridized carbons (Fsp3) is 0.500. The van der Waals surface area contributed by atoms with E-state index in [-0.39, 0.29) is 15.4 Å². The number of hydrogen-bond acceptors (Lipinski definition) is 4. The molecule has 0 bridgehead atoms. The quantitative estimate of drug-likeness (QED) is 0.328. The van der Waals surface area contributed by atoms with Gasteiger partial charge in [-0.05, 0) is 18.6 Å². The number of benzene rings is 1. The van der Waals surface area contributed by atoms with E-state index < -0.39 is 0 Å². The minimum Gasteiger partial charge on any atom is -0.491 e. The smallest absolute Gasteiger partial charge is 0.142 e. The van der Waals surface area contributed by atoms with Gasteiger partial charge in [-0.15, -0.1) is 0 Å². The maximum atomic E-state index is 5.77. The molecule has 0 aliphatic heterocycles. The van der Waals surface area contributed by atoms with Gasteiger partial charge in [0.2, 0.25) is 0 Å². The molecule has 0 amide bonds. The van der Waals surface area contributed by atoms with Crippen LogP contribution in [0.25, 0.3) is 0 Å². The van der Waals surface area contributed by atoms with Gasteiger partial charge in [0.05, 0.1) is 21.8 Å². The molecule has 0 aliphatic carbocycles. The summed E-state index contributed by atoms with van der Waals surface area (Å²) in [7, 11) is 3.03. The van der Waals surface area contributed by atoms with Crippen molar-refractivity contribution >= 4 is 15.2 Å². The average Bonchev–Trinajstić information content (AvgIpc) is 2.36. The monoisotopic (exact) mass is 255 g/mol. The molecule has 96 valence electrons. The van der Waals surface area contributed by atoms with Crippen molar-refractivity contribution in [3.63, 3.8) is 0 Å². The summed E-state index contributed by atoms with van der Waals surface area (Å²) in [6.45, 7) is 0.696. The Morgan fingerprint density at radius 3 is 2.59 bits per heavy atom. The molecule has 4 nitrogen and oxygen atoms in total. The number of hydrogen-bond donors (Lipinski definition) is 1. The minimum absolute atomic E-state index is 0.0248. The lowest BCUT2D eigenvalue weighted by molar-refractivity contribution is -0.0441.